The van der Waals surface area contributed by atoms with Crippen molar-refractivity contribution < 1.29 is 20.0 Å². The van der Waals surface area contributed by atoms with Crippen LogP contribution >= 0.6 is 11.6 Å². The van der Waals surface area contributed by atoms with E-state index in [9.17, 15) is 9.90 Å². The van der Waals surface area contributed by atoms with Gasteiger partial charge in [0.15, 0.2) is 0 Å². The highest BCUT2D eigenvalue weighted by atomic mass is 35.5. The number of carbonyl (C=O) groups excluding carboxylic acids is 1. The van der Waals surface area contributed by atoms with Crippen molar-refractivity contribution in [2.24, 2.45) is 0 Å². The van der Waals surface area contributed by atoms with Gasteiger partial charge in [-0.1, -0.05) is 11.6 Å². The number of pyridine rings is 2. The monoisotopic (exact) mass is 431 g/mol. The Morgan fingerprint density at radius 3 is 2.80 bits per heavy atom. The molecule has 2 aromatic rings. The van der Waals surface area contributed by atoms with E-state index < -0.39 is 6.09 Å². The molecule has 5 heterocycles. The zero-order valence-electron chi connectivity index (χ0n) is 16.7. The van der Waals surface area contributed by atoms with Gasteiger partial charge in [0.2, 0.25) is 0 Å². The van der Waals surface area contributed by atoms with Crippen molar-refractivity contribution in [1.82, 2.24) is 14.9 Å². The van der Waals surface area contributed by atoms with E-state index in [2.05, 4.69) is 15.6 Å². The first-order valence-electron chi connectivity index (χ1n) is 10.7. The lowest BCUT2D eigenvalue weighted by atomic mass is 9.97. The fourth-order valence-electron chi connectivity index (χ4n) is 5.21. The van der Waals surface area contributed by atoms with E-state index in [4.69, 9.17) is 21.3 Å². The second-order valence-corrected chi connectivity index (χ2v) is 8.93. The van der Waals surface area contributed by atoms with Crippen molar-refractivity contribution in [1.29, 1.82) is 0 Å². The van der Waals surface area contributed by atoms with Gasteiger partial charge in [0.05, 0.1) is 18.7 Å². The lowest BCUT2D eigenvalue weighted by Gasteiger charge is -2.41. The number of rotatable bonds is 4. The number of ether oxygens (including phenoxy) is 1. The highest BCUT2D eigenvalue weighted by molar-refractivity contribution is 6.30. The number of piperidine rings is 1. The SMILES string of the molecule is O=C([O-])N1C2CCC1CC(Nc1nc(Cl)cc3nc(CC4C[NH2+]CCO4)ccc13)C2. The largest absolute Gasteiger partial charge is 0.530 e. The predicted octanol–water partition coefficient (Wildman–Crippen LogP) is 0.539. The molecule has 9 heteroatoms. The van der Waals surface area contributed by atoms with Gasteiger partial charge >= 0.3 is 0 Å². The van der Waals surface area contributed by atoms with Crippen LogP contribution in [0.1, 0.15) is 31.4 Å². The van der Waals surface area contributed by atoms with Crippen LogP contribution in [0.25, 0.3) is 10.9 Å². The number of nitrogens with two attached hydrogens (primary N) is 1. The maximum absolute atomic E-state index is 11.4. The summed E-state index contributed by atoms with van der Waals surface area (Å²) in [5.41, 5.74) is 1.79. The number of aromatic nitrogens is 2. The Balaban J connectivity index is 1.35. The smallest absolute Gasteiger partial charge is 0.137 e. The van der Waals surface area contributed by atoms with Gasteiger partial charge in [-0.15, -0.1) is 0 Å². The third-order valence-electron chi connectivity index (χ3n) is 6.54. The fourth-order valence-corrected chi connectivity index (χ4v) is 5.40. The number of anilines is 1. The number of hydrogen-bond acceptors (Lipinski definition) is 6. The molecule has 3 N–H and O–H groups in total. The second-order valence-electron chi connectivity index (χ2n) is 8.54. The predicted molar refractivity (Wildman–Crippen MR) is 110 cm³/mol. The molecule has 3 unspecified atom stereocenters. The standard InChI is InChI=1S/C21H26ClN5O3/c22-19-10-18-17(4-1-12(24-18)9-16-11-23-5-6-30-16)20(26-19)25-13-7-14-2-3-15(8-13)27(14)21(28)29/h1,4,10,13-16,23H,2-3,5-9,11H2,(H,25,26)(H,28,29). The zero-order valence-corrected chi connectivity index (χ0v) is 17.5. The molecule has 0 spiro atoms. The van der Waals surface area contributed by atoms with Crippen molar-refractivity contribution in [3.05, 3.63) is 29.0 Å². The third kappa shape index (κ3) is 3.91. The highest BCUT2D eigenvalue weighted by Crippen LogP contribution is 2.37. The average Bonchev–Trinajstić information content (AvgIpc) is 3.00. The normalized spacial score (nSPS) is 28.6. The Morgan fingerprint density at radius 1 is 1.30 bits per heavy atom. The molecule has 8 nitrogen and oxygen atoms in total. The minimum atomic E-state index is -1.05. The van der Waals surface area contributed by atoms with Gasteiger partial charge in [0.25, 0.3) is 0 Å². The van der Waals surface area contributed by atoms with Crippen molar-refractivity contribution >= 4 is 34.4 Å². The number of fused-ring (bicyclic) bond motifs is 3. The van der Waals surface area contributed by atoms with E-state index in [1.54, 1.807) is 6.07 Å². The van der Waals surface area contributed by atoms with Crippen LogP contribution in [0.4, 0.5) is 10.6 Å². The number of nitrogens with one attached hydrogen (secondary N) is 1. The molecule has 3 atom stereocenters. The first kappa shape index (κ1) is 19.8. The number of morpholine rings is 1. The van der Waals surface area contributed by atoms with Crippen LogP contribution in [0, 0.1) is 0 Å². The minimum Gasteiger partial charge on any atom is -0.530 e. The summed E-state index contributed by atoms with van der Waals surface area (Å²) in [6.45, 7) is 2.75. The fraction of sp³-hybridized carbons (Fsp3) is 0.571. The summed E-state index contributed by atoms with van der Waals surface area (Å²) in [6, 6.07) is 6.06. The maximum Gasteiger partial charge on any atom is 0.137 e. The van der Waals surface area contributed by atoms with Crippen LogP contribution in [-0.2, 0) is 11.2 Å². The summed E-state index contributed by atoms with van der Waals surface area (Å²) in [5.74, 6) is 0.713. The van der Waals surface area contributed by atoms with Gasteiger partial charge in [-0.05, 0) is 37.8 Å². The molecule has 5 rings (SSSR count). The Bertz CT molecular complexity index is 938. The summed E-state index contributed by atoms with van der Waals surface area (Å²) in [7, 11) is 0. The summed E-state index contributed by atoms with van der Waals surface area (Å²) in [6.07, 6.45) is 3.20. The molecule has 3 aliphatic heterocycles. The second kappa shape index (κ2) is 8.17. The molecule has 3 aliphatic rings. The van der Waals surface area contributed by atoms with E-state index in [1.807, 2.05) is 12.1 Å². The van der Waals surface area contributed by atoms with Crippen LogP contribution in [-0.4, -0.2) is 64.9 Å². The number of halogens is 1. The van der Waals surface area contributed by atoms with Gasteiger partial charge in [0.1, 0.15) is 29.7 Å². The van der Waals surface area contributed by atoms with Crippen LogP contribution in [0.5, 0.6) is 0 Å². The molecule has 3 fully saturated rings. The Labute approximate surface area is 180 Å². The molecule has 30 heavy (non-hydrogen) atoms. The Morgan fingerprint density at radius 2 is 2.10 bits per heavy atom. The van der Waals surface area contributed by atoms with Crippen LogP contribution < -0.4 is 15.7 Å². The number of quaternary nitrogens is 1. The molecule has 1 amide bonds. The average molecular weight is 432 g/mol. The van der Waals surface area contributed by atoms with Crippen molar-refractivity contribution in [2.45, 2.75) is 56.3 Å². The first-order valence-corrected chi connectivity index (χ1v) is 11.1. The van der Waals surface area contributed by atoms with E-state index in [1.165, 1.54) is 4.90 Å². The number of amides is 1. The molecular formula is C21H26ClN5O3. The molecule has 0 aliphatic carbocycles. The molecule has 0 aromatic carbocycles. The molecule has 0 radical (unpaired) electrons. The molecule has 2 bridgehead atoms. The Kier molecular flexibility index (Phi) is 5.39. The molecule has 0 saturated carbocycles. The van der Waals surface area contributed by atoms with Crippen molar-refractivity contribution in [2.75, 3.05) is 25.0 Å². The van der Waals surface area contributed by atoms with Gasteiger partial charge in [-0.25, -0.2) is 4.98 Å². The van der Waals surface area contributed by atoms with Gasteiger partial charge in [-0.3, -0.25) is 4.98 Å². The molecule has 2 aromatic heterocycles. The Hall–Kier alpha value is -2.16. The highest BCUT2D eigenvalue weighted by Gasteiger charge is 2.40. The topological polar surface area (TPSA) is 107 Å². The molecule has 160 valence electrons. The van der Waals surface area contributed by atoms with Gasteiger partial charge < -0.3 is 30.2 Å². The van der Waals surface area contributed by atoms with Gasteiger partial charge in [0, 0.05) is 41.7 Å². The maximum atomic E-state index is 11.4. The molecule has 3 saturated heterocycles. The van der Waals surface area contributed by atoms with Crippen LogP contribution in [0.15, 0.2) is 18.2 Å². The summed E-state index contributed by atoms with van der Waals surface area (Å²) < 4.78 is 5.82. The lowest BCUT2D eigenvalue weighted by molar-refractivity contribution is -0.677. The van der Waals surface area contributed by atoms with E-state index in [0.29, 0.717) is 11.0 Å². The summed E-state index contributed by atoms with van der Waals surface area (Å²) >= 11 is 6.31. The minimum absolute atomic E-state index is 0.0220. The van der Waals surface area contributed by atoms with E-state index >= 15 is 0 Å². The van der Waals surface area contributed by atoms with Crippen molar-refractivity contribution in [3.63, 3.8) is 0 Å². The van der Waals surface area contributed by atoms with E-state index in [-0.39, 0.29) is 24.2 Å². The number of hydrogen-bond donors (Lipinski definition) is 2. The van der Waals surface area contributed by atoms with Crippen molar-refractivity contribution in [3.8, 4) is 0 Å². The van der Waals surface area contributed by atoms with Gasteiger partial charge in [-0.2, -0.15) is 0 Å². The van der Waals surface area contributed by atoms with Crippen LogP contribution in [0.2, 0.25) is 5.15 Å². The lowest BCUT2D eigenvalue weighted by Crippen LogP contribution is -2.89. The summed E-state index contributed by atoms with van der Waals surface area (Å²) in [4.78, 5) is 22.3. The number of carbonyl (C=O) groups is 1. The number of carboxylic acid groups (broad SMARTS) is 1. The quantitative estimate of drug-likeness (QED) is 0.684. The third-order valence-corrected chi connectivity index (χ3v) is 6.73. The number of nitrogens with zero attached hydrogens (tertiary/aromatic N) is 3. The van der Waals surface area contributed by atoms with E-state index in [0.717, 1.165) is 68.4 Å². The van der Waals surface area contributed by atoms with Crippen LogP contribution in [0.3, 0.4) is 0 Å². The molecular weight excluding hydrogens is 406 g/mol. The first-order chi connectivity index (χ1) is 14.6. The summed E-state index contributed by atoms with van der Waals surface area (Å²) in [5, 5.41) is 18.5. The zero-order chi connectivity index (χ0) is 20.7.